The first-order valence-electron chi connectivity index (χ1n) is 9.30. The van der Waals surface area contributed by atoms with Crippen molar-refractivity contribution in [1.29, 1.82) is 0 Å². The molecule has 3 heterocycles. The average molecular weight is 374 g/mol. The molecular formula is C19H23FN4O3. The Balaban J connectivity index is 1.50. The van der Waals surface area contributed by atoms with Crippen molar-refractivity contribution in [3.05, 3.63) is 36.0 Å². The third kappa shape index (κ3) is 3.72. The molecule has 144 valence electrons. The third-order valence-electron chi connectivity index (χ3n) is 5.53. The van der Waals surface area contributed by atoms with Crippen LogP contribution in [0.1, 0.15) is 38.1 Å². The molecule has 0 unspecified atom stereocenters. The molecule has 2 saturated heterocycles. The average Bonchev–Trinajstić information content (AvgIpc) is 3.29. The second-order valence-corrected chi connectivity index (χ2v) is 7.30. The van der Waals surface area contributed by atoms with Gasteiger partial charge >= 0.3 is 0 Å². The smallest absolute Gasteiger partial charge is 0.244 e. The lowest BCUT2D eigenvalue weighted by Crippen LogP contribution is -2.46. The molecule has 0 spiro atoms. The number of piperidine rings is 1. The van der Waals surface area contributed by atoms with Gasteiger partial charge < -0.3 is 14.5 Å². The van der Waals surface area contributed by atoms with Crippen LogP contribution in [0.5, 0.6) is 0 Å². The summed E-state index contributed by atoms with van der Waals surface area (Å²) < 4.78 is 18.6. The maximum atomic E-state index is 13.1. The van der Waals surface area contributed by atoms with Gasteiger partial charge in [-0.3, -0.25) is 9.69 Å². The summed E-state index contributed by atoms with van der Waals surface area (Å²) in [6, 6.07) is 6.07. The highest BCUT2D eigenvalue weighted by molar-refractivity contribution is 5.73. The highest BCUT2D eigenvalue weighted by atomic mass is 19.1. The number of hydrogen-bond donors (Lipinski definition) is 1. The third-order valence-corrected chi connectivity index (χ3v) is 5.53. The van der Waals surface area contributed by atoms with Gasteiger partial charge in [0, 0.05) is 38.2 Å². The van der Waals surface area contributed by atoms with E-state index in [1.54, 1.807) is 19.1 Å². The lowest BCUT2D eigenvalue weighted by Gasteiger charge is -2.38. The van der Waals surface area contributed by atoms with Gasteiger partial charge in [-0.1, -0.05) is 5.16 Å². The van der Waals surface area contributed by atoms with Crippen LogP contribution in [-0.2, 0) is 4.79 Å². The van der Waals surface area contributed by atoms with Gasteiger partial charge in [0.05, 0.1) is 12.1 Å². The standard InChI is InChI=1S/C19H23FN4O3/c1-12(25)23-8-6-15(7-9-23)24-11-16(26)10-17(24)19-21-18(22-27-19)13-2-4-14(20)5-3-13/h2-5,15-17,26H,6-11H2,1H3/t16-,17+/m1/s1. The largest absolute Gasteiger partial charge is 0.392 e. The molecule has 2 aromatic rings. The van der Waals surface area contributed by atoms with Crippen LogP contribution in [0.2, 0.25) is 0 Å². The Labute approximate surface area is 156 Å². The van der Waals surface area contributed by atoms with E-state index in [-0.39, 0.29) is 23.8 Å². The summed E-state index contributed by atoms with van der Waals surface area (Å²) in [5.41, 5.74) is 0.686. The van der Waals surface area contributed by atoms with Crippen molar-refractivity contribution < 1.29 is 18.8 Å². The van der Waals surface area contributed by atoms with E-state index in [0.29, 0.717) is 30.2 Å². The van der Waals surface area contributed by atoms with Crippen LogP contribution in [0.4, 0.5) is 4.39 Å². The van der Waals surface area contributed by atoms with Crippen LogP contribution in [0.15, 0.2) is 28.8 Å². The second-order valence-electron chi connectivity index (χ2n) is 7.30. The van der Waals surface area contributed by atoms with Crippen LogP contribution >= 0.6 is 0 Å². The summed E-state index contributed by atoms with van der Waals surface area (Å²) in [5.74, 6) is 0.675. The molecule has 27 heavy (non-hydrogen) atoms. The molecule has 0 aliphatic carbocycles. The summed E-state index contributed by atoms with van der Waals surface area (Å²) in [6.45, 7) is 3.61. The number of hydrogen-bond acceptors (Lipinski definition) is 6. The predicted octanol–water partition coefficient (Wildman–Crippen LogP) is 1.99. The lowest BCUT2D eigenvalue weighted by atomic mass is 10.0. The zero-order chi connectivity index (χ0) is 19.0. The molecule has 1 aromatic carbocycles. The van der Waals surface area contributed by atoms with Gasteiger partial charge in [0.25, 0.3) is 0 Å². The number of rotatable bonds is 3. The van der Waals surface area contributed by atoms with Gasteiger partial charge in [-0.15, -0.1) is 0 Å². The molecule has 2 fully saturated rings. The van der Waals surface area contributed by atoms with Crippen molar-refractivity contribution in [2.24, 2.45) is 0 Å². The fourth-order valence-corrected chi connectivity index (χ4v) is 4.08. The topological polar surface area (TPSA) is 82.7 Å². The number of likely N-dealkylation sites (tertiary alicyclic amines) is 2. The Morgan fingerprint density at radius 3 is 2.63 bits per heavy atom. The van der Waals surface area contributed by atoms with E-state index in [9.17, 15) is 14.3 Å². The van der Waals surface area contributed by atoms with Crippen LogP contribution < -0.4 is 0 Å². The zero-order valence-electron chi connectivity index (χ0n) is 15.2. The molecule has 8 heteroatoms. The monoisotopic (exact) mass is 374 g/mol. The maximum Gasteiger partial charge on any atom is 0.244 e. The summed E-state index contributed by atoms with van der Waals surface area (Å²) in [6.07, 6.45) is 1.82. The zero-order valence-corrected chi connectivity index (χ0v) is 15.2. The minimum Gasteiger partial charge on any atom is -0.392 e. The Bertz CT molecular complexity index is 802. The Morgan fingerprint density at radius 1 is 1.26 bits per heavy atom. The van der Waals surface area contributed by atoms with E-state index in [1.807, 2.05) is 4.90 Å². The van der Waals surface area contributed by atoms with E-state index in [0.717, 1.165) is 25.9 Å². The molecule has 4 rings (SSSR count). The normalized spacial score (nSPS) is 24.5. The Hall–Kier alpha value is -2.32. The van der Waals surface area contributed by atoms with Crippen molar-refractivity contribution >= 4 is 5.91 Å². The van der Waals surface area contributed by atoms with Crippen molar-refractivity contribution in [1.82, 2.24) is 19.9 Å². The minimum atomic E-state index is -0.443. The molecule has 1 N–H and O–H groups in total. The second kappa shape index (κ2) is 7.36. The SMILES string of the molecule is CC(=O)N1CCC(N2C[C@H](O)C[C@H]2c2nc(-c3ccc(F)cc3)no2)CC1. The lowest BCUT2D eigenvalue weighted by molar-refractivity contribution is -0.130. The van der Waals surface area contributed by atoms with E-state index < -0.39 is 6.10 Å². The van der Waals surface area contributed by atoms with Gasteiger partial charge in [0.15, 0.2) is 0 Å². The van der Waals surface area contributed by atoms with E-state index in [4.69, 9.17) is 4.52 Å². The number of halogens is 1. The maximum absolute atomic E-state index is 13.1. The van der Waals surface area contributed by atoms with Crippen molar-refractivity contribution in [3.8, 4) is 11.4 Å². The highest BCUT2D eigenvalue weighted by Crippen LogP contribution is 2.36. The number of carbonyl (C=O) groups excluding carboxylic acids is 1. The van der Waals surface area contributed by atoms with Gasteiger partial charge in [-0.25, -0.2) is 4.39 Å². The Kier molecular flexibility index (Phi) is 4.92. The number of nitrogens with zero attached hydrogens (tertiary/aromatic N) is 4. The highest BCUT2D eigenvalue weighted by Gasteiger charge is 2.40. The van der Waals surface area contributed by atoms with Crippen LogP contribution in [0, 0.1) is 5.82 Å². The summed E-state index contributed by atoms with van der Waals surface area (Å²) >= 11 is 0. The van der Waals surface area contributed by atoms with Gasteiger partial charge in [-0.05, 0) is 43.5 Å². The number of carbonyl (C=O) groups is 1. The number of β-amino-alcohol motifs (C(OH)–C–C–N with tert-alkyl or cyclic N) is 1. The molecule has 2 aliphatic rings. The summed E-state index contributed by atoms with van der Waals surface area (Å²) in [5, 5.41) is 14.2. The first kappa shape index (κ1) is 18.1. The predicted molar refractivity (Wildman–Crippen MR) is 95.0 cm³/mol. The van der Waals surface area contributed by atoms with Crippen LogP contribution in [0.25, 0.3) is 11.4 Å². The van der Waals surface area contributed by atoms with E-state index in [2.05, 4.69) is 15.0 Å². The van der Waals surface area contributed by atoms with Crippen molar-refractivity contribution in [2.75, 3.05) is 19.6 Å². The van der Waals surface area contributed by atoms with Crippen molar-refractivity contribution in [3.63, 3.8) is 0 Å². The van der Waals surface area contributed by atoms with Crippen LogP contribution in [0.3, 0.4) is 0 Å². The fraction of sp³-hybridized carbons (Fsp3) is 0.526. The van der Waals surface area contributed by atoms with Gasteiger partial charge in [0.1, 0.15) is 5.82 Å². The molecule has 7 nitrogen and oxygen atoms in total. The molecule has 1 aromatic heterocycles. The molecular weight excluding hydrogens is 351 g/mol. The van der Waals surface area contributed by atoms with E-state index >= 15 is 0 Å². The fourth-order valence-electron chi connectivity index (χ4n) is 4.08. The summed E-state index contributed by atoms with van der Waals surface area (Å²) in [7, 11) is 0. The first-order valence-corrected chi connectivity index (χ1v) is 9.30. The number of aliphatic hydroxyl groups is 1. The minimum absolute atomic E-state index is 0.104. The molecule has 1 amide bonds. The molecule has 0 saturated carbocycles. The molecule has 0 radical (unpaired) electrons. The van der Waals surface area contributed by atoms with Gasteiger partial charge in [-0.2, -0.15) is 4.98 Å². The molecule has 2 atom stereocenters. The number of benzene rings is 1. The van der Waals surface area contributed by atoms with E-state index in [1.165, 1.54) is 12.1 Å². The molecule has 2 aliphatic heterocycles. The summed E-state index contributed by atoms with van der Waals surface area (Å²) in [4.78, 5) is 20.1. The first-order chi connectivity index (χ1) is 13.0. The van der Waals surface area contributed by atoms with Crippen molar-refractivity contribution in [2.45, 2.75) is 44.4 Å². The Morgan fingerprint density at radius 2 is 1.96 bits per heavy atom. The number of aliphatic hydroxyl groups excluding tert-OH is 1. The van der Waals surface area contributed by atoms with Gasteiger partial charge in [0.2, 0.25) is 17.6 Å². The van der Waals surface area contributed by atoms with Crippen LogP contribution in [-0.4, -0.2) is 62.7 Å². The molecule has 0 bridgehead atoms. The number of aromatic nitrogens is 2. The quantitative estimate of drug-likeness (QED) is 0.885. The number of amides is 1.